The molecule has 1 atom stereocenters. The van der Waals surface area contributed by atoms with Gasteiger partial charge in [-0.3, -0.25) is 9.78 Å². The molecule has 5 heteroatoms. The van der Waals surface area contributed by atoms with E-state index in [9.17, 15) is 4.79 Å². The summed E-state index contributed by atoms with van der Waals surface area (Å²) < 4.78 is 0. The fourth-order valence-corrected chi connectivity index (χ4v) is 3.69. The highest BCUT2D eigenvalue weighted by atomic mass is 32.1. The van der Waals surface area contributed by atoms with E-state index in [2.05, 4.69) is 35.9 Å². The minimum atomic E-state index is 0.00338. The van der Waals surface area contributed by atoms with E-state index in [1.54, 1.807) is 21.7 Å². The second-order valence-electron chi connectivity index (χ2n) is 6.13. The van der Waals surface area contributed by atoms with E-state index < -0.39 is 0 Å². The first-order chi connectivity index (χ1) is 10.9. The van der Waals surface area contributed by atoms with Gasteiger partial charge in [0.25, 0.3) is 5.91 Å². The van der Waals surface area contributed by atoms with E-state index in [1.165, 1.54) is 11.1 Å². The average molecular weight is 327 g/mol. The Morgan fingerprint density at radius 2 is 2.04 bits per heavy atom. The van der Waals surface area contributed by atoms with Crippen molar-refractivity contribution in [2.24, 2.45) is 0 Å². The molecule has 1 amide bonds. The maximum Gasteiger partial charge on any atom is 0.270 e. The average Bonchev–Trinajstić information content (AvgIpc) is 3.14. The number of aromatic amines is 1. The highest BCUT2D eigenvalue weighted by Gasteiger charge is 2.24. The van der Waals surface area contributed by atoms with Crippen LogP contribution in [0.3, 0.4) is 0 Å². The van der Waals surface area contributed by atoms with Crippen LogP contribution in [0.25, 0.3) is 10.9 Å². The second kappa shape index (κ2) is 5.81. The molecule has 4 nitrogen and oxygen atoms in total. The first-order valence-electron chi connectivity index (χ1n) is 7.65. The largest absolute Gasteiger partial charge is 0.350 e. The van der Waals surface area contributed by atoms with Crippen molar-refractivity contribution in [1.82, 2.24) is 14.9 Å². The molecule has 0 saturated carbocycles. The quantitative estimate of drug-likeness (QED) is 0.776. The van der Waals surface area contributed by atoms with Crippen molar-refractivity contribution < 1.29 is 4.79 Å². The lowest BCUT2D eigenvalue weighted by molar-refractivity contribution is 0.0739. The molecule has 1 unspecified atom stereocenters. The molecule has 0 aliphatic heterocycles. The Hall–Kier alpha value is -2.14. The normalized spacial score (nSPS) is 12.6. The standard InChI is InChI=1S/C18H21N3OS/c1-10-6-11(2)16-14(7-10)12(3)17(20-16)18(22)21(5)13(4)15-8-19-9-23-15/h6-9,13,20H,1-5H3. The molecule has 3 rings (SSSR count). The molecule has 0 radical (unpaired) electrons. The van der Waals surface area contributed by atoms with Crippen LogP contribution in [0.4, 0.5) is 0 Å². The first kappa shape index (κ1) is 15.7. The predicted molar refractivity (Wildman–Crippen MR) is 95.1 cm³/mol. The number of thiazole rings is 1. The SMILES string of the molecule is Cc1cc(C)c2[nH]c(C(=O)N(C)C(C)c3cncs3)c(C)c2c1. The van der Waals surface area contributed by atoms with Gasteiger partial charge in [-0.1, -0.05) is 11.6 Å². The number of H-pyrrole nitrogens is 1. The number of hydrogen-bond acceptors (Lipinski definition) is 3. The highest BCUT2D eigenvalue weighted by molar-refractivity contribution is 7.09. The molecule has 3 aromatic rings. The van der Waals surface area contributed by atoms with Gasteiger partial charge in [0.15, 0.2) is 0 Å². The van der Waals surface area contributed by atoms with E-state index >= 15 is 0 Å². The van der Waals surface area contributed by atoms with Gasteiger partial charge in [0.2, 0.25) is 0 Å². The minimum Gasteiger partial charge on any atom is -0.350 e. The number of fused-ring (bicyclic) bond motifs is 1. The summed E-state index contributed by atoms with van der Waals surface area (Å²) in [7, 11) is 1.84. The molecule has 0 fully saturated rings. The fraction of sp³-hybridized carbons (Fsp3) is 0.333. The lowest BCUT2D eigenvalue weighted by atomic mass is 10.1. The maximum absolute atomic E-state index is 12.9. The van der Waals surface area contributed by atoms with Crippen molar-refractivity contribution in [2.45, 2.75) is 33.7 Å². The maximum atomic E-state index is 12.9. The van der Waals surface area contributed by atoms with Crippen LogP contribution in [-0.4, -0.2) is 27.8 Å². The van der Waals surface area contributed by atoms with Gasteiger partial charge < -0.3 is 9.88 Å². The monoisotopic (exact) mass is 327 g/mol. The van der Waals surface area contributed by atoms with Crippen LogP contribution in [0.1, 0.15) is 45.0 Å². The Balaban J connectivity index is 2.01. The zero-order valence-corrected chi connectivity index (χ0v) is 14.9. The molecule has 0 saturated heterocycles. The molecule has 0 bridgehead atoms. The van der Waals surface area contributed by atoms with Crippen molar-refractivity contribution in [3.8, 4) is 0 Å². The lowest BCUT2D eigenvalue weighted by Crippen LogP contribution is -2.30. The third kappa shape index (κ3) is 2.65. The fourth-order valence-electron chi connectivity index (χ4n) is 2.97. The molecule has 1 N–H and O–H groups in total. The zero-order chi connectivity index (χ0) is 16.7. The van der Waals surface area contributed by atoms with Gasteiger partial charge >= 0.3 is 0 Å². The van der Waals surface area contributed by atoms with Crippen LogP contribution < -0.4 is 0 Å². The van der Waals surface area contributed by atoms with E-state index in [0.717, 1.165) is 21.3 Å². The van der Waals surface area contributed by atoms with Gasteiger partial charge in [-0.2, -0.15) is 0 Å². The van der Waals surface area contributed by atoms with Gasteiger partial charge in [-0.15, -0.1) is 11.3 Å². The van der Waals surface area contributed by atoms with E-state index in [0.29, 0.717) is 5.69 Å². The number of aromatic nitrogens is 2. The highest BCUT2D eigenvalue weighted by Crippen LogP contribution is 2.29. The summed E-state index contributed by atoms with van der Waals surface area (Å²) >= 11 is 1.57. The van der Waals surface area contributed by atoms with Crippen molar-refractivity contribution in [3.05, 3.63) is 51.1 Å². The van der Waals surface area contributed by atoms with E-state index in [-0.39, 0.29) is 11.9 Å². The summed E-state index contributed by atoms with van der Waals surface area (Å²) in [6, 6.07) is 4.27. The third-order valence-corrected chi connectivity index (χ3v) is 5.43. The molecular formula is C18H21N3OS. The van der Waals surface area contributed by atoms with Crippen molar-refractivity contribution in [3.63, 3.8) is 0 Å². The Labute approximate surface area is 140 Å². The molecule has 2 heterocycles. The summed E-state index contributed by atoms with van der Waals surface area (Å²) in [5.41, 5.74) is 6.91. The Kier molecular flexibility index (Phi) is 3.98. The predicted octanol–water partition coefficient (Wildman–Crippen LogP) is 4.38. The number of nitrogens with one attached hydrogen (secondary N) is 1. The van der Waals surface area contributed by atoms with Gasteiger partial charge in [-0.05, 0) is 44.9 Å². The Morgan fingerprint density at radius 1 is 1.30 bits per heavy atom. The summed E-state index contributed by atoms with van der Waals surface area (Å²) in [5.74, 6) is 0.0108. The van der Waals surface area contributed by atoms with Crippen LogP contribution in [0.5, 0.6) is 0 Å². The first-order valence-corrected chi connectivity index (χ1v) is 8.53. The molecule has 120 valence electrons. The number of carbonyl (C=O) groups excluding carboxylic acids is 1. The summed E-state index contributed by atoms with van der Waals surface area (Å²) in [6.45, 7) is 8.19. The van der Waals surface area contributed by atoms with Gasteiger partial charge in [-0.25, -0.2) is 0 Å². The van der Waals surface area contributed by atoms with Crippen LogP contribution in [-0.2, 0) is 0 Å². The molecule has 0 aliphatic carbocycles. The number of aryl methyl sites for hydroxylation is 3. The Morgan fingerprint density at radius 3 is 2.70 bits per heavy atom. The molecule has 2 aromatic heterocycles. The minimum absolute atomic E-state index is 0.00338. The zero-order valence-electron chi connectivity index (χ0n) is 14.1. The number of hydrogen-bond donors (Lipinski definition) is 1. The van der Waals surface area contributed by atoms with Crippen LogP contribution in [0, 0.1) is 20.8 Å². The van der Waals surface area contributed by atoms with Crippen molar-refractivity contribution >= 4 is 28.1 Å². The molecular weight excluding hydrogens is 306 g/mol. The second-order valence-corrected chi connectivity index (χ2v) is 7.04. The smallest absolute Gasteiger partial charge is 0.270 e. The molecule has 0 aliphatic rings. The van der Waals surface area contributed by atoms with Crippen LogP contribution in [0.2, 0.25) is 0 Å². The summed E-state index contributed by atoms with van der Waals surface area (Å²) in [5, 5.41) is 1.13. The molecule has 0 spiro atoms. The number of rotatable bonds is 3. The lowest BCUT2D eigenvalue weighted by Gasteiger charge is -2.23. The Bertz CT molecular complexity index is 864. The van der Waals surface area contributed by atoms with E-state index in [4.69, 9.17) is 0 Å². The van der Waals surface area contributed by atoms with Gasteiger partial charge in [0.05, 0.1) is 11.6 Å². The molecule has 23 heavy (non-hydrogen) atoms. The number of benzene rings is 1. The van der Waals surface area contributed by atoms with Crippen LogP contribution in [0.15, 0.2) is 23.8 Å². The van der Waals surface area contributed by atoms with Gasteiger partial charge in [0.1, 0.15) is 5.69 Å². The van der Waals surface area contributed by atoms with Crippen molar-refractivity contribution in [1.29, 1.82) is 0 Å². The topological polar surface area (TPSA) is 49.0 Å². The molecule has 1 aromatic carbocycles. The number of carbonyl (C=O) groups is 1. The number of nitrogens with zero attached hydrogens (tertiary/aromatic N) is 2. The summed E-state index contributed by atoms with van der Waals surface area (Å²) in [4.78, 5) is 23.2. The summed E-state index contributed by atoms with van der Waals surface area (Å²) in [6.07, 6.45) is 1.82. The van der Waals surface area contributed by atoms with E-state index in [1.807, 2.05) is 27.1 Å². The van der Waals surface area contributed by atoms with Gasteiger partial charge in [0, 0.05) is 29.0 Å². The van der Waals surface area contributed by atoms with Crippen LogP contribution >= 0.6 is 11.3 Å². The third-order valence-electron chi connectivity index (χ3n) is 4.49. The number of amides is 1. The van der Waals surface area contributed by atoms with Crippen molar-refractivity contribution in [2.75, 3.05) is 7.05 Å².